The number of nitrogens with one attached hydrogen (secondary N) is 1. The molecule has 1 aliphatic carbocycles. The maximum atomic E-state index is 9.55. The van der Waals surface area contributed by atoms with Gasteiger partial charge in [-0.3, -0.25) is 0 Å². The number of carboxylic acids is 2. The Hall–Kier alpha value is -2.08. The van der Waals surface area contributed by atoms with E-state index in [2.05, 4.69) is 28.2 Å². The van der Waals surface area contributed by atoms with Gasteiger partial charge in [0.15, 0.2) is 0 Å². The monoisotopic (exact) mass is 320 g/mol. The lowest BCUT2D eigenvalue weighted by Gasteiger charge is -2.35. The highest BCUT2D eigenvalue weighted by Gasteiger charge is 2.28. The molecule has 23 heavy (non-hydrogen) atoms. The van der Waals surface area contributed by atoms with Gasteiger partial charge in [0.2, 0.25) is 0 Å². The summed E-state index contributed by atoms with van der Waals surface area (Å²) in [4.78, 5) is 19.1. The molecule has 2 heterocycles. The largest absolute Gasteiger partial charge is 0.478 e. The van der Waals surface area contributed by atoms with Crippen molar-refractivity contribution in [3.05, 3.63) is 36.2 Å². The highest BCUT2D eigenvalue weighted by atomic mass is 16.4. The van der Waals surface area contributed by atoms with Crippen molar-refractivity contribution in [3.63, 3.8) is 0 Å². The Morgan fingerprint density at radius 1 is 1.13 bits per heavy atom. The van der Waals surface area contributed by atoms with Crippen molar-refractivity contribution in [1.82, 2.24) is 9.88 Å². The number of hydrogen-bond donors (Lipinski definition) is 3. The van der Waals surface area contributed by atoms with E-state index in [1.54, 1.807) is 0 Å². The van der Waals surface area contributed by atoms with Gasteiger partial charge in [0.25, 0.3) is 0 Å². The van der Waals surface area contributed by atoms with E-state index in [4.69, 9.17) is 10.2 Å². The fourth-order valence-corrected chi connectivity index (χ4v) is 3.38. The normalized spacial score (nSPS) is 21.3. The number of aliphatic carboxylic acids is 2. The third kappa shape index (κ3) is 5.25. The van der Waals surface area contributed by atoms with Crippen molar-refractivity contribution in [2.24, 2.45) is 5.92 Å². The molecule has 3 N–H and O–H groups in total. The zero-order valence-electron chi connectivity index (χ0n) is 13.1. The van der Waals surface area contributed by atoms with Gasteiger partial charge in [-0.05, 0) is 30.9 Å². The van der Waals surface area contributed by atoms with Crippen LogP contribution in [0.3, 0.4) is 0 Å². The molecule has 126 valence electrons. The van der Waals surface area contributed by atoms with Crippen molar-refractivity contribution >= 4 is 11.9 Å². The predicted octanol–water partition coefficient (Wildman–Crippen LogP) is 2.42. The van der Waals surface area contributed by atoms with Gasteiger partial charge in [0.1, 0.15) is 0 Å². The molecule has 1 fully saturated rings. The zero-order valence-corrected chi connectivity index (χ0v) is 13.1. The molecule has 1 aliphatic heterocycles. The van der Waals surface area contributed by atoms with Gasteiger partial charge in [0, 0.05) is 37.1 Å². The summed E-state index contributed by atoms with van der Waals surface area (Å²) >= 11 is 0. The summed E-state index contributed by atoms with van der Waals surface area (Å²) in [6.45, 7) is 2.29. The topological polar surface area (TPSA) is 91.6 Å². The molecule has 1 aromatic rings. The van der Waals surface area contributed by atoms with Crippen LogP contribution < -0.4 is 5.32 Å². The number of fused-ring (bicyclic) bond motifs is 1. The second-order valence-electron chi connectivity index (χ2n) is 5.97. The average Bonchev–Trinajstić information content (AvgIpc) is 3.03. The lowest BCUT2D eigenvalue weighted by molar-refractivity contribution is -0.134. The standard InChI is InChI=1S/C13H20N2.C4H4O4/c1-2-5-11(6-3-1)13-12-7-4-9-15(12)10-8-14-13;5-3(6)1-2-4(7)8/h4,7,9,11,13-14H,1-3,5-6,8,10H2;1-2H,(H,5,6)(H,7,8)/b;2-1-. The van der Waals surface area contributed by atoms with Crippen LogP contribution in [0.25, 0.3) is 0 Å². The minimum absolute atomic E-state index is 0.558. The maximum absolute atomic E-state index is 9.55. The first-order valence-corrected chi connectivity index (χ1v) is 8.10. The lowest BCUT2D eigenvalue weighted by atomic mass is 9.82. The van der Waals surface area contributed by atoms with E-state index in [1.165, 1.54) is 37.8 Å². The van der Waals surface area contributed by atoms with Crippen LogP contribution in [0.15, 0.2) is 30.5 Å². The Bertz CT molecular complexity index is 543. The molecule has 0 aromatic carbocycles. The predicted molar refractivity (Wildman–Crippen MR) is 86.2 cm³/mol. The van der Waals surface area contributed by atoms with E-state index < -0.39 is 11.9 Å². The number of rotatable bonds is 3. The molecule has 6 heteroatoms. The van der Waals surface area contributed by atoms with Crippen LogP contribution in [-0.2, 0) is 16.1 Å². The molecule has 3 rings (SSSR count). The second-order valence-corrected chi connectivity index (χ2v) is 5.97. The number of carboxylic acid groups (broad SMARTS) is 2. The molecule has 0 spiro atoms. The smallest absolute Gasteiger partial charge is 0.328 e. The fourth-order valence-electron chi connectivity index (χ4n) is 3.38. The molecular formula is C17H24N2O4. The number of carbonyl (C=O) groups is 2. The summed E-state index contributed by atoms with van der Waals surface area (Å²) in [6.07, 6.45) is 10.5. The van der Waals surface area contributed by atoms with E-state index in [-0.39, 0.29) is 0 Å². The van der Waals surface area contributed by atoms with Gasteiger partial charge in [-0.15, -0.1) is 0 Å². The SMILES string of the molecule is O=C(O)/C=C\C(=O)O.c1cc2n(c1)CCNC2C1CCCCC1. The zero-order chi connectivity index (χ0) is 16.7. The van der Waals surface area contributed by atoms with Crippen LogP contribution in [0.4, 0.5) is 0 Å². The summed E-state index contributed by atoms with van der Waals surface area (Å²) in [5, 5.41) is 19.3. The van der Waals surface area contributed by atoms with E-state index in [0.717, 1.165) is 19.0 Å². The van der Waals surface area contributed by atoms with Gasteiger partial charge in [-0.1, -0.05) is 19.3 Å². The van der Waals surface area contributed by atoms with Gasteiger partial charge in [0.05, 0.1) is 6.04 Å². The third-order valence-electron chi connectivity index (χ3n) is 4.39. The molecule has 1 saturated carbocycles. The molecule has 6 nitrogen and oxygen atoms in total. The number of aromatic nitrogens is 1. The first-order chi connectivity index (χ1) is 11.1. The molecule has 1 unspecified atom stereocenters. The summed E-state index contributed by atoms with van der Waals surface area (Å²) < 4.78 is 2.43. The van der Waals surface area contributed by atoms with Crippen molar-refractivity contribution in [2.45, 2.75) is 44.7 Å². The molecule has 1 aromatic heterocycles. The highest BCUT2D eigenvalue weighted by Crippen LogP contribution is 2.35. The minimum atomic E-state index is -1.26. The molecule has 0 bridgehead atoms. The Morgan fingerprint density at radius 3 is 2.39 bits per heavy atom. The first kappa shape index (κ1) is 17.3. The Labute approximate surface area is 135 Å². The molecule has 2 aliphatic rings. The summed E-state index contributed by atoms with van der Waals surface area (Å²) in [7, 11) is 0. The van der Waals surface area contributed by atoms with Crippen LogP contribution in [-0.4, -0.2) is 33.3 Å². The van der Waals surface area contributed by atoms with Crippen molar-refractivity contribution in [2.75, 3.05) is 6.54 Å². The lowest BCUT2D eigenvalue weighted by Crippen LogP contribution is -2.37. The first-order valence-electron chi connectivity index (χ1n) is 8.10. The Morgan fingerprint density at radius 2 is 1.78 bits per heavy atom. The van der Waals surface area contributed by atoms with Gasteiger partial charge in [-0.2, -0.15) is 0 Å². The molecule has 1 atom stereocenters. The highest BCUT2D eigenvalue weighted by molar-refractivity contribution is 5.89. The number of nitrogens with zero attached hydrogens (tertiary/aromatic N) is 1. The van der Waals surface area contributed by atoms with E-state index in [0.29, 0.717) is 18.2 Å². The Kier molecular flexibility index (Phi) is 6.40. The van der Waals surface area contributed by atoms with Crippen molar-refractivity contribution < 1.29 is 19.8 Å². The third-order valence-corrected chi connectivity index (χ3v) is 4.39. The quantitative estimate of drug-likeness (QED) is 0.744. The van der Waals surface area contributed by atoms with E-state index >= 15 is 0 Å². The van der Waals surface area contributed by atoms with Crippen molar-refractivity contribution in [3.8, 4) is 0 Å². The van der Waals surface area contributed by atoms with E-state index in [9.17, 15) is 9.59 Å². The summed E-state index contributed by atoms with van der Waals surface area (Å²) in [6, 6.07) is 5.12. The van der Waals surface area contributed by atoms with Crippen molar-refractivity contribution in [1.29, 1.82) is 0 Å². The van der Waals surface area contributed by atoms with Crippen LogP contribution in [0.2, 0.25) is 0 Å². The van der Waals surface area contributed by atoms with Gasteiger partial charge < -0.3 is 20.1 Å². The molecular weight excluding hydrogens is 296 g/mol. The summed E-state index contributed by atoms with van der Waals surface area (Å²) in [5.74, 6) is -1.63. The van der Waals surface area contributed by atoms with Crippen LogP contribution >= 0.6 is 0 Å². The van der Waals surface area contributed by atoms with E-state index in [1.807, 2.05) is 0 Å². The van der Waals surface area contributed by atoms with Gasteiger partial charge in [-0.25, -0.2) is 9.59 Å². The van der Waals surface area contributed by atoms with Crippen LogP contribution in [0.5, 0.6) is 0 Å². The Balaban J connectivity index is 0.000000207. The fraction of sp³-hybridized carbons (Fsp3) is 0.529. The van der Waals surface area contributed by atoms with Crippen LogP contribution in [0.1, 0.15) is 43.8 Å². The average molecular weight is 320 g/mol. The van der Waals surface area contributed by atoms with Gasteiger partial charge >= 0.3 is 11.9 Å². The maximum Gasteiger partial charge on any atom is 0.328 e. The minimum Gasteiger partial charge on any atom is -0.478 e. The molecule has 0 saturated heterocycles. The number of hydrogen-bond acceptors (Lipinski definition) is 3. The van der Waals surface area contributed by atoms with Crippen LogP contribution in [0, 0.1) is 5.92 Å². The molecule has 0 radical (unpaired) electrons. The summed E-state index contributed by atoms with van der Waals surface area (Å²) in [5.41, 5.74) is 1.52. The molecule has 0 amide bonds. The second kappa shape index (κ2) is 8.53.